The van der Waals surface area contributed by atoms with Crippen molar-refractivity contribution >= 4 is 5.65 Å². The Morgan fingerprint density at radius 2 is 2.06 bits per heavy atom. The summed E-state index contributed by atoms with van der Waals surface area (Å²) in [7, 11) is 0. The zero-order valence-electron chi connectivity index (χ0n) is 8.92. The standard InChI is InChI=1S/C12H9FN4/c13-10-4-2-1-3-9(10)7-11-15-16-12-8-14-5-6-17(11)12/h1-6,8H,7H2. The summed E-state index contributed by atoms with van der Waals surface area (Å²) in [5.74, 6) is 0.478. The Balaban J connectivity index is 2.03. The molecule has 2 heterocycles. The van der Waals surface area contributed by atoms with E-state index in [-0.39, 0.29) is 5.82 Å². The minimum atomic E-state index is -0.224. The highest BCUT2D eigenvalue weighted by molar-refractivity contribution is 5.35. The van der Waals surface area contributed by atoms with Gasteiger partial charge in [0.1, 0.15) is 11.6 Å². The van der Waals surface area contributed by atoms with E-state index >= 15 is 0 Å². The van der Waals surface area contributed by atoms with Crippen LogP contribution in [0.25, 0.3) is 5.65 Å². The topological polar surface area (TPSA) is 43.1 Å². The Morgan fingerprint density at radius 3 is 2.94 bits per heavy atom. The summed E-state index contributed by atoms with van der Waals surface area (Å²) in [6, 6.07) is 6.67. The molecule has 1 aromatic carbocycles. The first-order valence-electron chi connectivity index (χ1n) is 5.21. The maximum Gasteiger partial charge on any atom is 0.179 e. The summed E-state index contributed by atoms with van der Waals surface area (Å²) >= 11 is 0. The molecule has 0 saturated carbocycles. The van der Waals surface area contributed by atoms with Gasteiger partial charge in [-0.2, -0.15) is 0 Å². The Kier molecular flexibility index (Phi) is 2.29. The zero-order valence-corrected chi connectivity index (χ0v) is 8.92. The van der Waals surface area contributed by atoms with Crippen molar-refractivity contribution in [1.29, 1.82) is 0 Å². The second-order valence-electron chi connectivity index (χ2n) is 3.69. The predicted octanol–water partition coefficient (Wildman–Crippen LogP) is 1.85. The second kappa shape index (κ2) is 3.93. The molecule has 0 atom stereocenters. The fraction of sp³-hybridized carbons (Fsp3) is 0.0833. The molecule has 0 amide bonds. The molecule has 0 unspecified atom stereocenters. The van der Waals surface area contributed by atoms with Crippen LogP contribution in [-0.4, -0.2) is 19.6 Å². The van der Waals surface area contributed by atoms with E-state index in [9.17, 15) is 4.39 Å². The average Bonchev–Trinajstić information content (AvgIpc) is 2.76. The Bertz CT molecular complexity index is 662. The molecule has 4 nitrogen and oxygen atoms in total. The van der Waals surface area contributed by atoms with Gasteiger partial charge in [0.05, 0.1) is 6.20 Å². The molecule has 0 aliphatic rings. The Hall–Kier alpha value is -2.30. The summed E-state index contributed by atoms with van der Waals surface area (Å²) in [6.45, 7) is 0. The Morgan fingerprint density at radius 1 is 1.18 bits per heavy atom. The van der Waals surface area contributed by atoms with Crippen LogP contribution in [0.4, 0.5) is 4.39 Å². The van der Waals surface area contributed by atoms with Crippen LogP contribution >= 0.6 is 0 Å². The van der Waals surface area contributed by atoms with Gasteiger partial charge in [-0.05, 0) is 11.6 Å². The molecule has 84 valence electrons. The van der Waals surface area contributed by atoms with E-state index in [1.165, 1.54) is 6.07 Å². The van der Waals surface area contributed by atoms with E-state index in [1.807, 2.05) is 6.07 Å². The van der Waals surface area contributed by atoms with Gasteiger partial charge < -0.3 is 0 Å². The number of hydrogen-bond acceptors (Lipinski definition) is 3. The number of hydrogen-bond donors (Lipinski definition) is 0. The highest BCUT2D eigenvalue weighted by atomic mass is 19.1. The largest absolute Gasteiger partial charge is 0.283 e. The number of benzene rings is 1. The lowest BCUT2D eigenvalue weighted by molar-refractivity contribution is 0.611. The van der Waals surface area contributed by atoms with Crippen molar-refractivity contribution in [2.75, 3.05) is 0 Å². The smallest absolute Gasteiger partial charge is 0.179 e. The minimum absolute atomic E-state index is 0.224. The van der Waals surface area contributed by atoms with Crippen LogP contribution in [0.15, 0.2) is 42.9 Å². The van der Waals surface area contributed by atoms with Crippen LogP contribution in [0.2, 0.25) is 0 Å². The minimum Gasteiger partial charge on any atom is -0.283 e. The van der Waals surface area contributed by atoms with Crippen LogP contribution in [-0.2, 0) is 6.42 Å². The van der Waals surface area contributed by atoms with Crippen molar-refractivity contribution in [3.63, 3.8) is 0 Å². The highest BCUT2D eigenvalue weighted by Gasteiger charge is 2.08. The second-order valence-corrected chi connectivity index (χ2v) is 3.69. The summed E-state index contributed by atoms with van der Waals surface area (Å²) in [5.41, 5.74) is 1.28. The molecule has 3 aromatic rings. The first-order valence-corrected chi connectivity index (χ1v) is 5.21. The molecule has 5 heteroatoms. The molecule has 17 heavy (non-hydrogen) atoms. The van der Waals surface area contributed by atoms with Crippen molar-refractivity contribution in [3.05, 3.63) is 60.1 Å². The van der Waals surface area contributed by atoms with E-state index in [4.69, 9.17) is 0 Å². The quantitative estimate of drug-likeness (QED) is 0.672. The van der Waals surface area contributed by atoms with Gasteiger partial charge >= 0.3 is 0 Å². The van der Waals surface area contributed by atoms with Gasteiger partial charge in [0.15, 0.2) is 5.65 Å². The van der Waals surface area contributed by atoms with Crippen molar-refractivity contribution in [2.45, 2.75) is 6.42 Å². The summed E-state index contributed by atoms with van der Waals surface area (Å²) < 4.78 is 15.3. The molecule has 0 fully saturated rings. The number of halogens is 1. The fourth-order valence-corrected chi connectivity index (χ4v) is 1.74. The third-order valence-corrected chi connectivity index (χ3v) is 2.59. The third-order valence-electron chi connectivity index (χ3n) is 2.59. The van der Waals surface area contributed by atoms with E-state index in [0.717, 1.165) is 0 Å². The van der Waals surface area contributed by atoms with E-state index in [2.05, 4.69) is 15.2 Å². The predicted molar refractivity (Wildman–Crippen MR) is 60.0 cm³/mol. The highest BCUT2D eigenvalue weighted by Crippen LogP contribution is 2.12. The Labute approximate surface area is 96.8 Å². The molecule has 0 aliphatic carbocycles. The first-order chi connectivity index (χ1) is 8.34. The van der Waals surface area contributed by atoms with Gasteiger partial charge in [0.2, 0.25) is 0 Å². The van der Waals surface area contributed by atoms with Gasteiger partial charge in [-0.1, -0.05) is 18.2 Å². The maximum absolute atomic E-state index is 13.5. The molecule has 0 aliphatic heterocycles. The molecular weight excluding hydrogens is 219 g/mol. The molecule has 0 bridgehead atoms. The lowest BCUT2D eigenvalue weighted by atomic mass is 10.1. The van der Waals surface area contributed by atoms with Crippen molar-refractivity contribution in [2.24, 2.45) is 0 Å². The van der Waals surface area contributed by atoms with Crippen LogP contribution in [0, 0.1) is 5.82 Å². The number of nitrogens with zero attached hydrogens (tertiary/aromatic N) is 4. The normalized spacial score (nSPS) is 10.9. The van der Waals surface area contributed by atoms with Crippen LogP contribution in [0.1, 0.15) is 11.4 Å². The number of fused-ring (bicyclic) bond motifs is 1. The molecule has 3 rings (SSSR count). The van der Waals surface area contributed by atoms with E-state index < -0.39 is 0 Å². The number of rotatable bonds is 2. The van der Waals surface area contributed by atoms with Gasteiger partial charge in [-0.15, -0.1) is 10.2 Å². The van der Waals surface area contributed by atoms with Gasteiger partial charge in [0, 0.05) is 18.8 Å². The SMILES string of the molecule is Fc1ccccc1Cc1nnc2cnccn12. The molecule has 0 spiro atoms. The maximum atomic E-state index is 13.5. The first kappa shape index (κ1) is 9.89. The van der Waals surface area contributed by atoms with Gasteiger partial charge in [-0.3, -0.25) is 9.38 Å². The molecular formula is C12H9FN4. The lowest BCUT2D eigenvalue weighted by Gasteiger charge is -2.01. The summed E-state index contributed by atoms with van der Waals surface area (Å²) in [5, 5.41) is 8.01. The van der Waals surface area contributed by atoms with Crippen LogP contribution in [0.3, 0.4) is 0 Å². The average molecular weight is 228 g/mol. The van der Waals surface area contributed by atoms with Gasteiger partial charge in [0.25, 0.3) is 0 Å². The molecule has 0 N–H and O–H groups in total. The van der Waals surface area contributed by atoms with Crippen molar-refractivity contribution in [1.82, 2.24) is 19.6 Å². The van der Waals surface area contributed by atoms with E-state index in [1.54, 1.807) is 35.1 Å². The molecule has 2 aromatic heterocycles. The lowest BCUT2D eigenvalue weighted by Crippen LogP contribution is -1.98. The van der Waals surface area contributed by atoms with Crippen LogP contribution in [0.5, 0.6) is 0 Å². The summed E-state index contributed by atoms with van der Waals surface area (Å²) in [6.07, 6.45) is 5.46. The van der Waals surface area contributed by atoms with Gasteiger partial charge in [-0.25, -0.2) is 4.39 Å². The molecule has 0 saturated heterocycles. The summed E-state index contributed by atoms with van der Waals surface area (Å²) in [4.78, 5) is 3.95. The number of aromatic nitrogens is 4. The van der Waals surface area contributed by atoms with Crippen molar-refractivity contribution < 1.29 is 4.39 Å². The monoisotopic (exact) mass is 228 g/mol. The van der Waals surface area contributed by atoms with E-state index in [0.29, 0.717) is 23.5 Å². The van der Waals surface area contributed by atoms with Crippen molar-refractivity contribution in [3.8, 4) is 0 Å². The third kappa shape index (κ3) is 1.75. The zero-order chi connectivity index (χ0) is 11.7. The van der Waals surface area contributed by atoms with Crippen LogP contribution < -0.4 is 0 Å². The fourth-order valence-electron chi connectivity index (χ4n) is 1.74. The molecule has 0 radical (unpaired) electrons.